The van der Waals surface area contributed by atoms with Gasteiger partial charge in [-0.1, -0.05) is 12.1 Å². The van der Waals surface area contributed by atoms with Gasteiger partial charge >= 0.3 is 0 Å². The number of benzene rings is 2. The Morgan fingerprint density at radius 2 is 1.81 bits per heavy atom. The molecule has 3 rings (SSSR count). The molecule has 1 heterocycles. The van der Waals surface area contributed by atoms with Gasteiger partial charge in [-0.15, -0.1) is 0 Å². The largest absolute Gasteiger partial charge is 0.494 e. The van der Waals surface area contributed by atoms with Gasteiger partial charge in [0.05, 0.1) is 24.1 Å². The van der Waals surface area contributed by atoms with E-state index in [4.69, 9.17) is 21.4 Å². The van der Waals surface area contributed by atoms with Crippen molar-refractivity contribution in [3.63, 3.8) is 0 Å². The molecular weight excluding hydrogens is 414 g/mol. The van der Waals surface area contributed by atoms with Crippen molar-refractivity contribution in [2.45, 2.75) is 6.92 Å². The van der Waals surface area contributed by atoms with Gasteiger partial charge in [0.15, 0.2) is 5.11 Å². The van der Waals surface area contributed by atoms with Crippen molar-refractivity contribution in [1.82, 2.24) is 5.32 Å². The Labute approximate surface area is 185 Å². The maximum absolute atomic E-state index is 12.7. The lowest BCUT2D eigenvalue weighted by atomic mass is 10.1. The molecule has 3 N–H and O–H groups in total. The fourth-order valence-electron chi connectivity index (χ4n) is 2.64. The highest BCUT2D eigenvalue weighted by Crippen LogP contribution is 2.19. The Hall–Kier alpha value is -3.91. The molecule has 158 valence electrons. The highest BCUT2D eigenvalue weighted by Gasteiger charge is 2.13. The van der Waals surface area contributed by atoms with E-state index in [0.29, 0.717) is 29.3 Å². The zero-order valence-corrected chi connectivity index (χ0v) is 17.6. The van der Waals surface area contributed by atoms with Gasteiger partial charge in [-0.05, 0) is 73.7 Å². The molecule has 0 saturated heterocycles. The average molecular weight is 436 g/mol. The zero-order valence-electron chi connectivity index (χ0n) is 16.8. The van der Waals surface area contributed by atoms with Crippen LogP contribution in [0.5, 0.6) is 5.75 Å². The summed E-state index contributed by atoms with van der Waals surface area (Å²) in [5.74, 6) is 0.527. The molecule has 31 heavy (non-hydrogen) atoms. The molecule has 0 radical (unpaired) electrons. The molecule has 0 atom stereocenters. The number of hydrogen-bond donors (Lipinski definition) is 3. The number of ether oxygens (including phenoxy) is 1. The van der Waals surface area contributed by atoms with E-state index in [-0.39, 0.29) is 11.0 Å². The molecule has 0 aliphatic carbocycles. The molecule has 8 heteroatoms. The Kier molecular flexibility index (Phi) is 7.56. The van der Waals surface area contributed by atoms with E-state index in [1.165, 1.54) is 18.4 Å². The van der Waals surface area contributed by atoms with E-state index in [0.717, 1.165) is 5.75 Å². The maximum Gasteiger partial charge on any atom is 0.257 e. The molecule has 3 aromatic rings. The molecule has 0 fully saturated rings. The third-order valence-electron chi connectivity index (χ3n) is 4.02. The van der Waals surface area contributed by atoms with E-state index in [2.05, 4.69) is 16.0 Å². The van der Waals surface area contributed by atoms with Gasteiger partial charge in [-0.2, -0.15) is 0 Å². The SMILES string of the molecule is CCOc1ccc(NC(=O)c2ccccc2NC(=S)NC(=O)C=Cc2ccco2)cc1. The third kappa shape index (κ3) is 6.55. The normalized spacial score (nSPS) is 10.5. The summed E-state index contributed by atoms with van der Waals surface area (Å²) in [5.41, 5.74) is 1.47. The van der Waals surface area contributed by atoms with Gasteiger partial charge in [0.25, 0.3) is 5.91 Å². The quantitative estimate of drug-likeness (QED) is 0.375. The highest BCUT2D eigenvalue weighted by atomic mass is 32.1. The summed E-state index contributed by atoms with van der Waals surface area (Å²) in [6, 6.07) is 17.4. The van der Waals surface area contributed by atoms with Crippen molar-refractivity contribution in [3.05, 3.63) is 84.3 Å². The van der Waals surface area contributed by atoms with Gasteiger partial charge in [-0.25, -0.2) is 0 Å². The van der Waals surface area contributed by atoms with E-state index in [1.807, 2.05) is 6.92 Å². The van der Waals surface area contributed by atoms with Crippen LogP contribution in [0.4, 0.5) is 11.4 Å². The van der Waals surface area contributed by atoms with Crippen molar-refractivity contribution in [1.29, 1.82) is 0 Å². The lowest BCUT2D eigenvalue weighted by molar-refractivity contribution is -0.115. The summed E-state index contributed by atoms with van der Waals surface area (Å²) in [4.78, 5) is 24.8. The highest BCUT2D eigenvalue weighted by molar-refractivity contribution is 7.80. The third-order valence-corrected chi connectivity index (χ3v) is 4.23. The second-order valence-electron chi connectivity index (χ2n) is 6.25. The predicted octanol–water partition coefficient (Wildman–Crippen LogP) is 4.46. The van der Waals surface area contributed by atoms with Crippen LogP contribution in [0.15, 0.2) is 77.4 Å². The van der Waals surface area contributed by atoms with Crippen LogP contribution >= 0.6 is 12.2 Å². The summed E-state index contributed by atoms with van der Waals surface area (Å²) < 4.78 is 10.5. The van der Waals surface area contributed by atoms with Crippen LogP contribution in [-0.2, 0) is 4.79 Å². The van der Waals surface area contributed by atoms with Gasteiger partial charge in [0.2, 0.25) is 5.91 Å². The number of thiocarbonyl (C=S) groups is 1. The number of carbonyl (C=O) groups is 2. The molecule has 2 aromatic carbocycles. The van der Waals surface area contributed by atoms with Gasteiger partial charge in [0.1, 0.15) is 11.5 Å². The molecule has 0 aliphatic heterocycles. The van der Waals surface area contributed by atoms with Crippen molar-refractivity contribution in [2.75, 3.05) is 17.2 Å². The lowest BCUT2D eigenvalue weighted by Crippen LogP contribution is -2.33. The molecule has 7 nitrogen and oxygen atoms in total. The summed E-state index contributed by atoms with van der Waals surface area (Å²) >= 11 is 5.20. The number of carbonyl (C=O) groups excluding carboxylic acids is 2. The molecule has 1 aromatic heterocycles. The first-order chi connectivity index (χ1) is 15.0. The molecule has 0 saturated carbocycles. The first-order valence-electron chi connectivity index (χ1n) is 9.52. The number of para-hydroxylation sites is 1. The van der Waals surface area contributed by atoms with Gasteiger partial charge in [0, 0.05) is 11.8 Å². The Balaban J connectivity index is 1.61. The topological polar surface area (TPSA) is 92.6 Å². The molecule has 2 amide bonds. The van der Waals surface area contributed by atoms with Crippen molar-refractivity contribution in [3.8, 4) is 5.75 Å². The molecule has 0 spiro atoms. The molecule has 0 bridgehead atoms. The average Bonchev–Trinajstić information content (AvgIpc) is 3.28. The number of furan rings is 1. The van der Waals surface area contributed by atoms with E-state index in [1.54, 1.807) is 60.7 Å². The van der Waals surface area contributed by atoms with E-state index < -0.39 is 5.91 Å². The Morgan fingerprint density at radius 1 is 1.03 bits per heavy atom. The van der Waals surface area contributed by atoms with Crippen LogP contribution in [-0.4, -0.2) is 23.5 Å². The van der Waals surface area contributed by atoms with Crippen LogP contribution in [0.1, 0.15) is 23.0 Å². The zero-order chi connectivity index (χ0) is 22.1. The Bertz CT molecular complexity index is 1080. The predicted molar refractivity (Wildman–Crippen MR) is 124 cm³/mol. The second-order valence-corrected chi connectivity index (χ2v) is 6.66. The minimum atomic E-state index is -0.426. The summed E-state index contributed by atoms with van der Waals surface area (Å²) in [7, 11) is 0. The maximum atomic E-state index is 12.7. The van der Waals surface area contributed by atoms with Gasteiger partial charge in [-0.3, -0.25) is 14.9 Å². The van der Waals surface area contributed by atoms with Crippen LogP contribution in [0.25, 0.3) is 6.08 Å². The first-order valence-corrected chi connectivity index (χ1v) is 9.93. The molecular formula is C23H21N3O4S. The van der Waals surface area contributed by atoms with Crippen LogP contribution in [0.2, 0.25) is 0 Å². The smallest absolute Gasteiger partial charge is 0.257 e. The first kappa shape index (κ1) is 21.8. The van der Waals surface area contributed by atoms with Crippen LogP contribution < -0.4 is 20.7 Å². The van der Waals surface area contributed by atoms with Gasteiger partial charge < -0.3 is 19.8 Å². The molecule has 0 aliphatic rings. The fourth-order valence-corrected chi connectivity index (χ4v) is 2.85. The van der Waals surface area contributed by atoms with Crippen molar-refractivity contribution < 1.29 is 18.7 Å². The molecule has 0 unspecified atom stereocenters. The van der Waals surface area contributed by atoms with Crippen LogP contribution in [0, 0.1) is 0 Å². The number of rotatable bonds is 7. The minimum absolute atomic E-state index is 0.0652. The summed E-state index contributed by atoms with van der Waals surface area (Å²) in [5, 5.41) is 8.32. The lowest BCUT2D eigenvalue weighted by Gasteiger charge is -2.13. The van der Waals surface area contributed by atoms with Crippen molar-refractivity contribution >= 4 is 46.6 Å². The summed E-state index contributed by atoms with van der Waals surface area (Å²) in [6.07, 6.45) is 4.34. The number of hydrogen-bond acceptors (Lipinski definition) is 5. The summed E-state index contributed by atoms with van der Waals surface area (Å²) in [6.45, 7) is 2.47. The van der Waals surface area contributed by atoms with Crippen molar-refractivity contribution in [2.24, 2.45) is 0 Å². The van der Waals surface area contributed by atoms with E-state index in [9.17, 15) is 9.59 Å². The number of amides is 2. The second kappa shape index (κ2) is 10.7. The Morgan fingerprint density at radius 3 is 2.52 bits per heavy atom. The number of anilines is 2. The minimum Gasteiger partial charge on any atom is -0.494 e. The number of nitrogens with one attached hydrogen (secondary N) is 3. The van der Waals surface area contributed by atoms with E-state index >= 15 is 0 Å². The monoisotopic (exact) mass is 435 g/mol. The fraction of sp³-hybridized carbons (Fsp3) is 0.0870. The van der Waals surface area contributed by atoms with Crippen LogP contribution in [0.3, 0.4) is 0 Å². The standard InChI is InChI=1S/C23H21N3O4S/c1-2-29-18-11-9-16(10-12-18)24-22(28)19-7-3-4-8-20(19)25-23(31)26-21(27)14-13-17-6-5-15-30-17/h3-15H,2H2,1H3,(H,24,28)(H2,25,26,27,31).